The number of hydrogen-bond donors (Lipinski definition) is 1. The maximum absolute atomic E-state index is 13.1. The minimum Gasteiger partial charge on any atom is -0.490 e. The molecule has 212 valence electrons. The number of ether oxygens (including phenoxy) is 3. The number of carbonyl (C=O) groups excluding carboxylic acids is 1. The molecule has 0 spiro atoms. The highest BCUT2D eigenvalue weighted by Gasteiger charge is 2.36. The molecule has 1 unspecified atom stereocenters. The van der Waals surface area contributed by atoms with Crippen LogP contribution >= 0.6 is 39.3 Å². The number of anilines is 1. The summed E-state index contributed by atoms with van der Waals surface area (Å²) in [6.07, 6.45) is 0. The first kappa shape index (κ1) is 29.0. The van der Waals surface area contributed by atoms with E-state index in [1.165, 1.54) is 18.9 Å². The number of benzene rings is 3. The summed E-state index contributed by atoms with van der Waals surface area (Å²) in [5.74, 6) is 1.76. The molecule has 2 heterocycles. The van der Waals surface area contributed by atoms with Gasteiger partial charge in [-0.1, -0.05) is 71.9 Å². The lowest BCUT2D eigenvalue weighted by atomic mass is 9.95. The maximum atomic E-state index is 13.1. The van der Waals surface area contributed by atoms with Crippen molar-refractivity contribution in [2.24, 2.45) is 0 Å². The van der Waals surface area contributed by atoms with Gasteiger partial charge in [-0.2, -0.15) is 4.98 Å². The van der Waals surface area contributed by atoms with Gasteiger partial charge in [0.15, 0.2) is 11.5 Å². The van der Waals surface area contributed by atoms with E-state index in [9.17, 15) is 4.79 Å². The number of methoxy groups -OCH3 is 1. The van der Waals surface area contributed by atoms with Crippen molar-refractivity contribution in [2.45, 2.75) is 37.4 Å². The van der Waals surface area contributed by atoms with Crippen LogP contribution in [0.2, 0.25) is 5.02 Å². The fourth-order valence-electron chi connectivity index (χ4n) is 4.51. The number of thioether (sulfide) groups is 1. The Balaban J connectivity index is 1.52. The summed E-state index contributed by atoms with van der Waals surface area (Å²) in [6.45, 7) is 4.54. The SMILES string of the molecule is CCOc1cc(C2C(C(=O)OC)=C(C)Nc3nc(SCc4ccccc4Cl)nn32)cc(Br)c1OCc1ccccc1. The summed E-state index contributed by atoms with van der Waals surface area (Å²) in [5.41, 5.74) is 3.81. The van der Waals surface area contributed by atoms with E-state index < -0.39 is 12.0 Å². The monoisotopic (exact) mass is 654 g/mol. The van der Waals surface area contributed by atoms with E-state index in [4.69, 9.17) is 35.9 Å². The Labute approximate surface area is 256 Å². The van der Waals surface area contributed by atoms with Gasteiger partial charge >= 0.3 is 5.97 Å². The number of allylic oxidation sites excluding steroid dienone is 1. The van der Waals surface area contributed by atoms with Crippen molar-refractivity contribution in [1.29, 1.82) is 0 Å². The van der Waals surface area contributed by atoms with Gasteiger partial charge in [0, 0.05) is 16.5 Å². The first-order valence-electron chi connectivity index (χ1n) is 12.9. The molecule has 3 aromatic carbocycles. The number of fused-ring (bicyclic) bond motifs is 1. The van der Waals surface area contributed by atoms with E-state index in [1.54, 1.807) is 4.68 Å². The Bertz CT molecular complexity index is 1590. The first-order valence-corrected chi connectivity index (χ1v) is 15.1. The highest BCUT2D eigenvalue weighted by atomic mass is 79.9. The molecule has 0 amide bonds. The fraction of sp³-hybridized carbons (Fsp3) is 0.233. The van der Waals surface area contributed by atoms with Crippen LogP contribution in [0.25, 0.3) is 0 Å². The molecule has 0 radical (unpaired) electrons. The van der Waals surface area contributed by atoms with Crippen molar-refractivity contribution < 1.29 is 19.0 Å². The highest BCUT2D eigenvalue weighted by Crippen LogP contribution is 2.43. The summed E-state index contributed by atoms with van der Waals surface area (Å²) in [7, 11) is 1.36. The number of hydrogen-bond acceptors (Lipinski definition) is 8. The van der Waals surface area contributed by atoms with Crippen LogP contribution < -0.4 is 14.8 Å². The van der Waals surface area contributed by atoms with Gasteiger partial charge in [0.05, 0.1) is 23.8 Å². The van der Waals surface area contributed by atoms with Crippen molar-refractivity contribution in [2.75, 3.05) is 19.0 Å². The molecule has 1 atom stereocenters. The lowest BCUT2D eigenvalue weighted by Gasteiger charge is -2.28. The Morgan fingerprint density at radius 2 is 1.88 bits per heavy atom. The van der Waals surface area contributed by atoms with Gasteiger partial charge < -0.3 is 19.5 Å². The number of halogens is 2. The van der Waals surface area contributed by atoms with Crippen LogP contribution in [0.1, 0.15) is 36.6 Å². The second-order valence-electron chi connectivity index (χ2n) is 9.14. The van der Waals surface area contributed by atoms with Gasteiger partial charge in [0.25, 0.3) is 0 Å². The Kier molecular flexibility index (Phi) is 9.22. The molecule has 0 aliphatic carbocycles. The van der Waals surface area contributed by atoms with Crippen molar-refractivity contribution in [3.8, 4) is 11.5 Å². The van der Waals surface area contributed by atoms with Gasteiger partial charge in [-0.25, -0.2) is 9.48 Å². The minimum absolute atomic E-state index is 0.373. The third-order valence-electron chi connectivity index (χ3n) is 6.43. The molecular formula is C30H28BrClN4O4S. The van der Waals surface area contributed by atoms with Gasteiger partial charge in [-0.15, -0.1) is 5.10 Å². The molecule has 0 bridgehead atoms. The summed E-state index contributed by atoms with van der Waals surface area (Å²) in [6, 6.07) is 20.7. The first-order chi connectivity index (χ1) is 19.9. The minimum atomic E-state index is -0.625. The van der Waals surface area contributed by atoms with E-state index in [1.807, 2.05) is 80.6 Å². The molecule has 1 N–H and O–H groups in total. The van der Waals surface area contributed by atoms with Crippen molar-refractivity contribution in [3.63, 3.8) is 0 Å². The molecule has 0 fully saturated rings. The van der Waals surface area contributed by atoms with E-state index in [0.29, 0.717) is 62.3 Å². The van der Waals surface area contributed by atoms with Crippen LogP contribution in [0.15, 0.2) is 87.6 Å². The Morgan fingerprint density at radius 1 is 1.12 bits per heavy atom. The molecular weight excluding hydrogens is 628 g/mol. The lowest BCUT2D eigenvalue weighted by molar-refractivity contribution is -0.136. The smallest absolute Gasteiger partial charge is 0.338 e. The number of aromatic nitrogens is 3. The molecule has 41 heavy (non-hydrogen) atoms. The molecule has 5 rings (SSSR count). The molecule has 11 heteroatoms. The van der Waals surface area contributed by atoms with Crippen LogP contribution in [-0.4, -0.2) is 34.5 Å². The van der Waals surface area contributed by atoms with Crippen LogP contribution in [0.3, 0.4) is 0 Å². The van der Waals surface area contributed by atoms with Gasteiger partial charge in [-0.3, -0.25) is 0 Å². The average molecular weight is 656 g/mol. The van der Waals surface area contributed by atoms with Gasteiger partial charge in [0.1, 0.15) is 12.6 Å². The zero-order chi connectivity index (χ0) is 28.9. The molecule has 1 aromatic heterocycles. The molecule has 8 nitrogen and oxygen atoms in total. The third-order valence-corrected chi connectivity index (χ3v) is 8.27. The quantitative estimate of drug-likeness (QED) is 0.140. The Morgan fingerprint density at radius 3 is 2.61 bits per heavy atom. The maximum Gasteiger partial charge on any atom is 0.338 e. The summed E-state index contributed by atoms with van der Waals surface area (Å²) in [4.78, 5) is 17.8. The van der Waals surface area contributed by atoms with Crippen LogP contribution in [-0.2, 0) is 21.9 Å². The van der Waals surface area contributed by atoms with Crippen LogP contribution in [0, 0.1) is 0 Å². The zero-order valence-electron chi connectivity index (χ0n) is 22.7. The van der Waals surface area contributed by atoms with Gasteiger partial charge in [0.2, 0.25) is 11.1 Å². The number of nitrogens with one attached hydrogen (secondary N) is 1. The van der Waals surface area contributed by atoms with Gasteiger partial charge in [-0.05, 0) is 64.7 Å². The van der Waals surface area contributed by atoms with E-state index in [-0.39, 0.29) is 0 Å². The summed E-state index contributed by atoms with van der Waals surface area (Å²) >= 11 is 11.5. The molecule has 0 saturated carbocycles. The normalized spacial score (nSPS) is 14.3. The second-order valence-corrected chi connectivity index (χ2v) is 11.3. The largest absolute Gasteiger partial charge is 0.490 e. The predicted molar refractivity (Wildman–Crippen MR) is 164 cm³/mol. The van der Waals surface area contributed by atoms with E-state index in [2.05, 4.69) is 21.2 Å². The molecule has 4 aromatic rings. The summed E-state index contributed by atoms with van der Waals surface area (Å²) < 4.78 is 19.8. The third kappa shape index (κ3) is 6.39. The lowest BCUT2D eigenvalue weighted by Crippen LogP contribution is -2.29. The van der Waals surface area contributed by atoms with Crippen molar-refractivity contribution >= 4 is 51.2 Å². The number of nitrogens with zero attached hydrogens (tertiary/aromatic N) is 3. The second kappa shape index (κ2) is 13.0. The molecule has 0 saturated heterocycles. The zero-order valence-corrected chi connectivity index (χ0v) is 25.8. The molecule has 1 aliphatic heterocycles. The fourth-order valence-corrected chi connectivity index (χ4v) is 6.20. The van der Waals surface area contributed by atoms with Crippen molar-refractivity contribution in [3.05, 3.63) is 104 Å². The number of esters is 1. The average Bonchev–Trinajstić information content (AvgIpc) is 3.38. The topological polar surface area (TPSA) is 87.5 Å². The van der Waals surface area contributed by atoms with E-state index >= 15 is 0 Å². The number of rotatable bonds is 10. The van der Waals surface area contributed by atoms with Crippen molar-refractivity contribution in [1.82, 2.24) is 14.8 Å². The molecule has 1 aliphatic rings. The predicted octanol–water partition coefficient (Wildman–Crippen LogP) is 7.43. The summed E-state index contributed by atoms with van der Waals surface area (Å²) in [5, 5.41) is 9.25. The van der Waals surface area contributed by atoms with Crippen LogP contribution in [0.4, 0.5) is 5.95 Å². The van der Waals surface area contributed by atoms with Crippen LogP contribution in [0.5, 0.6) is 11.5 Å². The Hall–Kier alpha value is -3.47. The highest BCUT2D eigenvalue weighted by molar-refractivity contribution is 9.10. The standard InChI is InChI=1S/C30H28BrClN4O4S/c1-4-39-24-15-21(14-22(31)27(24)40-16-19-10-6-5-7-11-19)26-25(28(37)38-3)18(2)33-29-34-30(35-36(26)29)41-17-20-12-8-9-13-23(20)32/h5-15,26H,4,16-17H2,1-3H3,(H,33,34,35). The van der Waals surface area contributed by atoms with E-state index in [0.717, 1.165) is 16.7 Å². The number of carbonyl (C=O) groups is 1.